The van der Waals surface area contributed by atoms with Gasteiger partial charge in [-0.15, -0.1) is 11.3 Å². The number of hydrogen-bond donors (Lipinski definition) is 1. The first-order valence-corrected chi connectivity index (χ1v) is 7.57. The third-order valence-electron chi connectivity index (χ3n) is 3.13. The van der Waals surface area contributed by atoms with Crippen molar-refractivity contribution in [2.75, 3.05) is 5.32 Å². The van der Waals surface area contributed by atoms with Crippen molar-refractivity contribution in [1.29, 1.82) is 0 Å². The summed E-state index contributed by atoms with van der Waals surface area (Å²) < 4.78 is 0. The van der Waals surface area contributed by atoms with E-state index in [1.165, 1.54) is 22.2 Å². The van der Waals surface area contributed by atoms with E-state index in [-0.39, 0.29) is 5.91 Å². The van der Waals surface area contributed by atoms with Crippen LogP contribution in [0.5, 0.6) is 0 Å². The molecule has 0 spiro atoms. The van der Waals surface area contributed by atoms with Crippen molar-refractivity contribution < 1.29 is 4.79 Å². The lowest BCUT2D eigenvalue weighted by molar-refractivity contribution is -0.114. The normalized spacial score (nSPS) is 10.3. The Kier molecular flexibility index (Phi) is 3.84. The Morgan fingerprint density at radius 1 is 0.857 bits per heavy atom. The van der Waals surface area contributed by atoms with Crippen LogP contribution in [-0.2, 0) is 4.79 Å². The number of benzene rings is 2. The van der Waals surface area contributed by atoms with Crippen molar-refractivity contribution >= 4 is 22.9 Å². The van der Waals surface area contributed by atoms with Crippen molar-refractivity contribution in [3.05, 3.63) is 66.7 Å². The van der Waals surface area contributed by atoms with Gasteiger partial charge in [0, 0.05) is 22.4 Å². The molecule has 3 rings (SSSR count). The molecule has 0 aliphatic rings. The Bertz CT molecular complexity index is 762. The molecule has 2 aromatic carbocycles. The number of nitrogens with one attached hydrogen (secondary N) is 1. The summed E-state index contributed by atoms with van der Waals surface area (Å²) in [4.78, 5) is 13.6. The molecule has 1 heterocycles. The molecule has 3 heteroatoms. The van der Waals surface area contributed by atoms with E-state index in [1.807, 2.05) is 36.4 Å². The van der Waals surface area contributed by atoms with Gasteiger partial charge in [0.15, 0.2) is 0 Å². The monoisotopic (exact) mass is 293 g/mol. The van der Waals surface area contributed by atoms with E-state index in [9.17, 15) is 4.79 Å². The first kappa shape index (κ1) is 13.6. The quantitative estimate of drug-likeness (QED) is 0.720. The van der Waals surface area contributed by atoms with Gasteiger partial charge in [-0.2, -0.15) is 0 Å². The number of carbonyl (C=O) groups is 1. The molecule has 1 N–H and O–H groups in total. The first-order chi connectivity index (χ1) is 10.2. The van der Waals surface area contributed by atoms with Gasteiger partial charge in [0.05, 0.1) is 0 Å². The summed E-state index contributed by atoms with van der Waals surface area (Å²) in [5.74, 6) is -0.0525. The lowest BCUT2D eigenvalue weighted by atomic mass is 10.1. The van der Waals surface area contributed by atoms with Crippen LogP contribution in [0.2, 0.25) is 0 Å². The fourth-order valence-corrected chi connectivity index (χ4v) is 3.21. The minimum Gasteiger partial charge on any atom is -0.326 e. The third kappa shape index (κ3) is 3.20. The van der Waals surface area contributed by atoms with Gasteiger partial charge in [-0.3, -0.25) is 4.79 Å². The number of amides is 1. The van der Waals surface area contributed by atoms with Crippen LogP contribution < -0.4 is 5.32 Å². The molecule has 0 radical (unpaired) electrons. The van der Waals surface area contributed by atoms with Crippen LogP contribution >= 0.6 is 11.3 Å². The van der Waals surface area contributed by atoms with E-state index in [1.54, 1.807) is 11.3 Å². The summed E-state index contributed by atoms with van der Waals surface area (Å²) >= 11 is 1.75. The summed E-state index contributed by atoms with van der Waals surface area (Å²) in [5.41, 5.74) is 3.18. The van der Waals surface area contributed by atoms with Crippen LogP contribution in [-0.4, -0.2) is 5.91 Å². The highest BCUT2D eigenvalue weighted by atomic mass is 32.1. The van der Waals surface area contributed by atoms with E-state index in [0.717, 1.165) is 11.3 Å². The summed E-state index contributed by atoms with van der Waals surface area (Å²) in [6.07, 6.45) is 0. The molecule has 0 atom stereocenters. The molecule has 0 aliphatic carbocycles. The molecule has 1 amide bonds. The Morgan fingerprint density at radius 3 is 2.24 bits per heavy atom. The molecule has 0 fully saturated rings. The van der Waals surface area contributed by atoms with Crippen LogP contribution in [0.3, 0.4) is 0 Å². The molecule has 21 heavy (non-hydrogen) atoms. The maximum Gasteiger partial charge on any atom is 0.221 e. The second kappa shape index (κ2) is 5.94. The number of rotatable bonds is 3. The fraction of sp³-hybridized carbons (Fsp3) is 0.0556. The van der Waals surface area contributed by atoms with Crippen LogP contribution in [0.4, 0.5) is 5.69 Å². The second-order valence-electron chi connectivity index (χ2n) is 4.79. The molecule has 3 aromatic rings. The van der Waals surface area contributed by atoms with Gasteiger partial charge in [0.1, 0.15) is 0 Å². The second-order valence-corrected chi connectivity index (χ2v) is 5.88. The van der Waals surface area contributed by atoms with Gasteiger partial charge in [-0.05, 0) is 35.4 Å². The predicted octanol–water partition coefficient (Wildman–Crippen LogP) is 5.04. The van der Waals surface area contributed by atoms with E-state index in [2.05, 4.69) is 35.6 Å². The average Bonchev–Trinajstić information content (AvgIpc) is 2.98. The lowest BCUT2D eigenvalue weighted by Gasteiger charge is -2.04. The van der Waals surface area contributed by atoms with Crippen molar-refractivity contribution in [3.63, 3.8) is 0 Å². The summed E-state index contributed by atoms with van der Waals surface area (Å²) in [6.45, 7) is 1.52. The van der Waals surface area contributed by atoms with Gasteiger partial charge < -0.3 is 5.32 Å². The number of carbonyl (C=O) groups excluding carboxylic acids is 1. The highest BCUT2D eigenvalue weighted by Crippen LogP contribution is 2.35. The predicted molar refractivity (Wildman–Crippen MR) is 89.5 cm³/mol. The molecular weight excluding hydrogens is 278 g/mol. The van der Waals surface area contributed by atoms with Crippen molar-refractivity contribution in [3.8, 4) is 20.9 Å². The zero-order valence-corrected chi connectivity index (χ0v) is 12.5. The molecule has 0 saturated carbocycles. The van der Waals surface area contributed by atoms with Crippen molar-refractivity contribution in [1.82, 2.24) is 0 Å². The minimum atomic E-state index is -0.0525. The van der Waals surface area contributed by atoms with Crippen molar-refractivity contribution in [2.24, 2.45) is 0 Å². The molecule has 0 aliphatic heterocycles. The Hall–Kier alpha value is -2.39. The highest BCUT2D eigenvalue weighted by molar-refractivity contribution is 7.18. The van der Waals surface area contributed by atoms with Crippen LogP contribution in [0.15, 0.2) is 66.7 Å². The summed E-state index contributed by atoms with van der Waals surface area (Å²) in [5, 5.41) is 2.82. The maximum atomic E-state index is 11.1. The van der Waals surface area contributed by atoms with Gasteiger partial charge in [0.2, 0.25) is 5.91 Å². The fourth-order valence-electron chi connectivity index (χ4n) is 2.20. The minimum absolute atomic E-state index is 0.0525. The maximum absolute atomic E-state index is 11.1. The van der Waals surface area contributed by atoms with Crippen LogP contribution in [0.1, 0.15) is 6.92 Å². The Labute approximate surface area is 128 Å². The van der Waals surface area contributed by atoms with Crippen LogP contribution in [0.25, 0.3) is 20.9 Å². The third-order valence-corrected chi connectivity index (χ3v) is 4.32. The van der Waals surface area contributed by atoms with Gasteiger partial charge >= 0.3 is 0 Å². The van der Waals surface area contributed by atoms with Crippen molar-refractivity contribution in [2.45, 2.75) is 6.92 Å². The largest absolute Gasteiger partial charge is 0.326 e. The molecule has 2 nitrogen and oxygen atoms in total. The summed E-state index contributed by atoms with van der Waals surface area (Å²) in [7, 11) is 0. The van der Waals surface area contributed by atoms with E-state index < -0.39 is 0 Å². The smallest absolute Gasteiger partial charge is 0.221 e. The van der Waals surface area contributed by atoms with E-state index >= 15 is 0 Å². The number of hydrogen-bond acceptors (Lipinski definition) is 2. The molecule has 0 unspecified atom stereocenters. The standard InChI is InChI=1S/C18H15NOS/c1-13(20)19-16-9-5-8-15(12-16)18-11-10-17(21-18)14-6-3-2-4-7-14/h2-12H,1H3,(H,19,20). The van der Waals surface area contributed by atoms with Gasteiger partial charge in [-0.1, -0.05) is 42.5 Å². The molecule has 0 bridgehead atoms. The SMILES string of the molecule is CC(=O)Nc1cccc(-c2ccc(-c3ccccc3)s2)c1. The number of thiophene rings is 1. The van der Waals surface area contributed by atoms with E-state index in [4.69, 9.17) is 0 Å². The average molecular weight is 293 g/mol. The molecule has 0 saturated heterocycles. The Balaban J connectivity index is 1.91. The molecule has 1 aromatic heterocycles. The molecule has 104 valence electrons. The highest BCUT2D eigenvalue weighted by Gasteiger charge is 2.05. The van der Waals surface area contributed by atoms with E-state index in [0.29, 0.717) is 0 Å². The van der Waals surface area contributed by atoms with Gasteiger partial charge in [0.25, 0.3) is 0 Å². The summed E-state index contributed by atoms with van der Waals surface area (Å²) in [6, 6.07) is 22.5. The zero-order valence-electron chi connectivity index (χ0n) is 11.7. The molecular formula is C18H15NOS. The Morgan fingerprint density at radius 2 is 1.52 bits per heavy atom. The first-order valence-electron chi connectivity index (χ1n) is 6.76. The van der Waals surface area contributed by atoms with Crippen LogP contribution in [0, 0.1) is 0 Å². The number of anilines is 1. The topological polar surface area (TPSA) is 29.1 Å². The zero-order chi connectivity index (χ0) is 14.7. The lowest BCUT2D eigenvalue weighted by Crippen LogP contribution is -2.05. The van der Waals surface area contributed by atoms with Gasteiger partial charge in [-0.25, -0.2) is 0 Å².